The first-order valence-electron chi connectivity index (χ1n) is 5.27. The zero-order valence-electron chi connectivity index (χ0n) is 8.46. The molecule has 0 aromatic rings. The summed E-state index contributed by atoms with van der Waals surface area (Å²) in [5.41, 5.74) is 5.88. The number of rotatable bonds is 4. The summed E-state index contributed by atoms with van der Waals surface area (Å²) in [6, 6.07) is 0.173. The SMILES string of the molecule is CCC[C@H](N)CN1CCCCC1=O. The van der Waals surface area contributed by atoms with Crippen LogP contribution in [0.2, 0.25) is 0 Å². The highest BCUT2D eigenvalue weighted by Gasteiger charge is 2.19. The molecule has 1 aliphatic rings. The first-order valence-corrected chi connectivity index (χ1v) is 5.27. The summed E-state index contributed by atoms with van der Waals surface area (Å²) in [7, 11) is 0. The number of likely N-dealkylation sites (tertiary alicyclic amines) is 1. The molecule has 3 heteroatoms. The number of nitrogens with zero attached hydrogens (tertiary/aromatic N) is 1. The minimum absolute atomic E-state index is 0.173. The molecule has 0 saturated carbocycles. The Balaban J connectivity index is 2.29. The quantitative estimate of drug-likeness (QED) is 0.712. The molecule has 2 N–H and O–H groups in total. The Morgan fingerprint density at radius 3 is 2.92 bits per heavy atom. The second-order valence-corrected chi connectivity index (χ2v) is 3.85. The molecule has 0 radical (unpaired) electrons. The highest BCUT2D eigenvalue weighted by atomic mass is 16.2. The van der Waals surface area contributed by atoms with Crippen LogP contribution in [0.15, 0.2) is 0 Å². The molecule has 1 aliphatic heterocycles. The number of nitrogens with two attached hydrogens (primary N) is 1. The van der Waals surface area contributed by atoms with E-state index < -0.39 is 0 Å². The van der Waals surface area contributed by atoms with Gasteiger partial charge in [0.05, 0.1) is 0 Å². The highest BCUT2D eigenvalue weighted by Crippen LogP contribution is 2.11. The fraction of sp³-hybridized carbons (Fsp3) is 0.900. The standard InChI is InChI=1S/C10H20N2O/c1-2-5-9(11)8-12-7-4-3-6-10(12)13/h9H,2-8,11H2,1H3/t9-/m0/s1. The lowest BCUT2D eigenvalue weighted by atomic mass is 10.1. The van der Waals surface area contributed by atoms with Crippen LogP contribution in [0.3, 0.4) is 0 Å². The van der Waals surface area contributed by atoms with Gasteiger partial charge in [0, 0.05) is 25.6 Å². The summed E-state index contributed by atoms with van der Waals surface area (Å²) >= 11 is 0. The summed E-state index contributed by atoms with van der Waals surface area (Å²) in [6.45, 7) is 3.79. The van der Waals surface area contributed by atoms with Crippen molar-refractivity contribution in [2.24, 2.45) is 5.73 Å². The molecule has 1 rings (SSSR count). The van der Waals surface area contributed by atoms with E-state index in [0.29, 0.717) is 0 Å². The van der Waals surface area contributed by atoms with E-state index >= 15 is 0 Å². The van der Waals surface area contributed by atoms with Crippen LogP contribution in [0.25, 0.3) is 0 Å². The minimum atomic E-state index is 0.173. The predicted molar refractivity (Wildman–Crippen MR) is 53.3 cm³/mol. The maximum atomic E-state index is 11.4. The number of piperidine rings is 1. The van der Waals surface area contributed by atoms with Crippen LogP contribution < -0.4 is 5.73 Å². The molecule has 1 saturated heterocycles. The number of carbonyl (C=O) groups excluding carboxylic acids is 1. The first kappa shape index (κ1) is 10.5. The third kappa shape index (κ3) is 3.35. The summed E-state index contributed by atoms with van der Waals surface area (Å²) < 4.78 is 0. The van der Waals surface area contributed by atoms with E-state index in [4.69, 9.17) is 5.73 Å². The van der Waals surface area contributed by atoms with Crippen LogP contribution in [0.1, 0.15) is 39.0 Å². The Kier molecular flexibility index (Phi) is 4.22. The van der Waals surface area contributed by atoms with E-state index in [-0.39, 0.29) is 11.9 Å². The van der Waals surface area contributed by atoms with Crippen molar-refractivity contribution in [1.82, 2.24) is 4.90 Å². The summed E-state index contributed by atoms with van der Waals surface area (Å²) in [5.74, 6) is 0.290. The molecule has 1 heterocycles. The molecule has 0 aromatic heterocycles. The van der Waals surface area contributed by atoms with Crippen molar-refractivity contribution in [1.29, 1.82) is 0 Å². The van der Waals surface area contributed by atoms with Gasteiger partial charge in [-0.15, -0.1) is 0 Å². The zero-order chi connectivity index (χ0) is 9.68. The number of amides is 1. The monoisotopic (exact) mass is 184 g/mol. The minimum Gasteiger partial charge on any atom is -0.341 e. The molecule has 0 aliphatic carbocycles. The van der Waals surface area contributed by atoms with Gasteiger partial charge in [-0.25, -0.2) is 0 Å². The van der Waals surface area contributed by atoms with Crippen molar-refractivity contribution >= 4 is 5.91 Å². The number of hydrogen-bond donors (Lipinski definition) is 1. The lowest BCUT2D eigenvalue weighted by Crippen LogP contribution is -2.43. The highest BCUT2D eigenvalue weighted by molar-refractivity contribution is 5.76. The van der Waals surface area contributed by atoms with Crippen molar-refractivity contribution in [3.05, 3.63) is 0 Å². The average molecular weight is 184 g/mol. The van der Waals surface area contributed by atoms with Gasteiger partial charge in [0.15, 0.2) is 0 Å². The van der Waals surface area contributed by atoms with Gasteiger partial charge in [0.2, 0.25) is 5.91 Å². The molecule has 0 bridgehead atoms. The van der Waals surface area contributed by atoms with Gasteiger partial charge in [-0.1, -0.05) is 13.3 Å². The number of hydrogen-bond acceptors (Lipinski definition) is 2. The van der Waals surface area contributed by atoms with Crippen molar-refractivity contribution < 1.29 is 4.79 Å². The van der Waals surface area contributed by atoms with Gasteiger partial charge in [-0.2, -0.15) is 0 Å². The van der Waals surface area contributed by atoms with Gasteiger partial charge in [0.1, 0.15) is 0 Å². The Hall–Kier alpha value is -0.570. The van der Waals surface area contributed by atoms with E-state index in [1.807, 2.05) is 4.90 Å². The Morgan fingerprint density at radius 1 is 1.54 bits per heavy atom. The molecule has 3 nitrogen and oxygen atoms in total. The van der Waals surface area contributed by atoms with E-state index in [9.17, 15) is 4.79 Å². The average Bonchev–Trinajstić information content (AvgIpc) is 2.09. The van der Waals surface area contributed by atoms with Crippen LogP contribution in [0.4, 0.5) is 0 Å². The molecule has 1 atom stereocenters. The van der Waals surface area contributed by atoms with Crippen LogP contribution in [0, 0.1) is 0 Å². The molecule has 76 valence electrons. The van der Waals surface area contributed by atoms with Crippen LogP contribution in [0.5, 0.6) is 0 Å². The molecule has 13 heavy (non-hydrogen) atoms. The largest absolute Gasteiger partial charge is 0.341 e. The van der Waals surface area contributed by atoms with Gasteiger partial charge >= 0.3 is 0 Å². The molecule has 0 aromatic carbocycles. The van der Waals surface area contributed by atoms with Crippen LogP contribution >= 0.6 is 0 Å². The normalized spacial score (nSPS) is 20.5. The first-order chi connectivity index (χ1) is 6.24. The van der Waals surface area contributed by atoms with Crippen LogP contribution in [-0.4, -0.2) is 29.9 Å². The van der Waals surface area contributed by atoms with Crippen LogP contribution in [-0.2, 0) is 4.79 Å². The molecule has 1 amide bonds. The predicted octanol–water partition coefficient (Wildman–Crippen LogP) is 1.13. The third-order valence-corrected chi connectivity index (χ3v) is 2.54. The molecule has 0 unspecified atom stereocenters. The van der Waals surface area contributed by atoms with Crippen molar-refractivity contribution in [3.8, 4) is 0 Å². The third-order valence-electron chi connectivity index (χ3n) is 2.54. The Bertz CT molecular complexity index is 170. The second kappa shape index (κ2) is 5.22. The molecule has 0 spiro atoms. The van der Waals surface area contributed by atoms with Gasteiger partial charge < -0.3 is 10.6 Å². The second-order valence-electron chi connectivity index (χ2n) is 3.85. The maximum Gasteiger partial charge on any atom is 0.222 e. The Morgan fingerprint density at radius 2 is 2.31 bits per heavy atom. The van der Waals surface area contributed by atoms with Gasteiger partial charge in [-0.05, 0) is 19.3 Å². The fourth-order valence-electron chi connectivity index (χ4n) is 1.80. The van der Waals surface area contributed by atoms with Gasteiger partial charge in [-0.3, -0.25) is 4.79 Å². The van der Waals surface area contributed by atoms with Crippen molar-refractivity contribution in [3.63, 3.8) is 0 Å². The topological polar surface area (TPSA) is 46.3 Å². The summed E-state index contributed by atoms with van der Waals surface area (Å²) in [5, 5.41) is 0. The van der Waals surface area contributed by atoms with Gasteiger partial charge in [0.25, 0.3) is 0 Å². The summed E-state index contributed by atoms with van der Waals surface area (Å²) in [4.78, 5) is 13.3. The van der Waals surface area contributed by atoms with E-state index in [1.165, 1.54) is 0 Å². The molecular formula is C10H20N2O. The van der Waals surface area contributed by atoms with Crippen molar-refractivity contribution in [2.45, 2.75) is 45.1 Å². The Labute approximate surface area is 80.3 Å². The molecule has 1 fully saturated rings. The lowest BCUT2D eigenvalue weighted by molar-refractivity contribution is -0.133. The smallest absolute Gasteiger partial charge is 0.222 e. The lowest BCUT2D eigenvalue weighted by Gasteiger charge is -2.29. The maximum absolute atomic E-state index is 11.4. The fourth-order valence-corrected chi connectivity index (χ4v) is 1.80. The van der Waals surface area contributed by atoms with Crippen molar-refractivity contribution in [2.75, 3.05) is 13.1 Å². The zero-order valence-corrected chi connectivity index (χ0v) is 8.46. The van der Waals surface area contributed by atoms with E-state index in [2.05, 4.69) is 6.92 Å². The van der Waals surface area contributed by atoms with E-state index in [1.54, 1.807) is 0 Å². The number of carbonyl (C=O) groups is 1. The van der Waals surface area contributed by atoms with E-state index in [0.717, 1.165) is 45.2 Å². The summed E-state index contributed by atoms with van der Waals surface area (Å²) in [6.07, 6.45) is 5.04. The molecular weight excluding hydrogens is 164 g/mol.